The van der Waals surface area contributed by atoms with E-state index in [-0.39, 0.29) is 18.4 Å². The fourth-order valence-corrected chi connectivity index (χ4v) is 2.40. The van der Waals surface area contributed by atoms with Gasteiger partial charge in [0.1, 0.15) is 6.54 Å². The largest absolute Gasteiger partial charge is 0.333 e. The summed E-state index contributed by atoms with van der Waals surface area (Å²) in [5.74, 6) is 0.0343. The highest BCUT2D eigenvalue weighted by Gasteiger charge is 2.31. The van der Waals surface area contributed by atoms with Crippen molar-refractivity contribution in [1.29, 1.82) is 0 Å². The van der Waals surface area contributed by atoms with Gasteiger partial charge in [-0.25, -0.2) is 0 Å². The number of nitrogens with zero attached hydrogens (tertiary/aromatic N) is 2. The first-order valence-electron chi connectivity index (χ1n) is 7.04. The molecule has 1 heterocycles. The summed E-state index contributed by atoms with van der Waals surface area (Å²) in [7, 11) is 0. The molecule has 20 heavy (non-hydrogen) atoms. The first-order valence-corrected chi connectivity index (χ1v) is 7.04. The third kappa shape index (κ3) is 3.18. The molecule has 1 saturated heterocycles. The first-order chi connectivity index (χ1) is 9.39. The third-order valence-electron chi connectivity index (χ3n) is 3.43. The van der Waals surface area contributed by atoms with Crippen LogP contribution in [0.15, 0.2) is 30.3 Å². The molecule has 1 aromatic rings. The van der Waals surface area contributed by atoms with Gasteiger partial charge in [-0.05, 0) is 18.6 Å². The van der Waals surface area contributed by atoms with Crippen molar-refractivity contribution in [3.63, 3.8) is 0 Å². The molecular weight excluding hydrogens is 252 g/mol. The van der Waals surface area contributed by atoms with Crippen LogP contribution >= 0.6 is 0 Å². The molecule has 0 atom stereocenters. The van der Waals surface area contributed by atoms with Gasteiger partial charge in [-0.15, -0.1) is 0 Å². The molecule has 0 saturated carbocycles. The average molecular weight is 274 g/mol. The minimum Gasteiger partial charge on any atom is -0.333 e. The fourth-order valence-electron chi connectivity index (χ4n) is 2.40. The highest BCUT2D eigenvalue weighted by molar-refractivity contribution is 5.97. The maximum Gasteiger partial charge on any atom is 0.246 e. The summed E-state index contributed by atoms with van der Waals surface area (Å²) >= 11 is 0. The summed E-state index contributed by atoms with van der Waals surface area (Å²) in [6.45, 7) is 7.14. The zero-order valence-electron chi connectivity index (χ0n) is 12.4. The van der Waals surface area contributed by atoms with Crippen molar-refractivity contribution in [2.45, 2.75) is 27.2 Å². The van der Waals surface area contributed by atoms with Crippen LogP contribution in [0.5, 0.6) is 0 Å². The number of benzene rings is 1. The molecule has 2 amide bonds. The van der Waals surface area contributed by atoms with E-state index in [1.807, 2.05) is 51.1 Å². The van der Waals surface area contributed by atoms with E-state index < -0.39 is 5.41 Å². The Hall–Kier alpha value is -1.84. The Morgan fingerprint density at radius 2 is 1.75 bits per heavy atom. The number of anilines is 1. The summed E-state index contributed by atoms with van der Waals surface area (Å²) in [6, 6.07) is 9.64. The maximum absolute atomic E-state index is 12.4. The van der Waals surface area contributed by atoms with E-state index in [1.165, 1.54) is 0 Å². The standard InChI is InChI=1S/C16H22N2O2/c1-16(2,3)15(20)17-10-7-11-18(14(19)12-17)13-8-5-4-6-9-13/h4-6,8-9H,7,10-12H2,1-3H3. The molecule has 1 aliphatic rings. The quantitative estimate of drug-likeness (QED) is 0.788. The van der Waals surface area contributed by atoms with Crippen LogP contribution in [-0.2, 0) is 9.59 Å². The van der Waals surface area contributed by atoms with Gasteiger partial charge in [-0.2, -0.15) is 0 Å². The first kappa shape index (κ1) is 14.6. The van der Waals surface area contributed by atoms with Gasteiger partial charge < -0.3 is 9.80 Å². The van der Waals surface area contributed by atoms with Crippen molar-refractivity contribution in [1.82, 2.24) is 4.90 Å². The minimum atomic E-state index is -0.442. The second-order valence-electron chi connectivity index (χ2n) is 6.21. The zero-order valence-corrected chi connectivity index (χ0v) is 12.4. The molecule has 108 valence electrons. The second-order valence-corrected chi connectivity index (χ2v) is 6.21. The van der Waals surface area contributed by atoms with Crippen LogP contribution in [0.2, 0.25) is 0 Å². The van der Waals surface area contributed by atoms with Gasteiger partial charge >= 0.3 is 0 Å². The number of hydrogen-bond acceptors (Lipinski definition) is 2. The molecule has 0 aliphatic carbocycles. The molecule has 2 rings (SSSR count). The van der Waals surface area contributed by atoms with E-state index in [0.29, 0.717) is 13.1 Å². The summed E-state index contributed by atoms with van der Waals surface area (Å²) < 4.78 is 0. The van der Waals surface area contributed by atoms with E-state index in [1.54, 1.807) is 9.80 Å². The van der Waals surface area contributed by atoms with Crippen molar-refractivity contribution >= 4 is 17.5 Å². The van der Waals surface area contributed by atoms with Crippen molar-refractivity contribution in [3.8, 4) is 0 Å². The number of para-hydroxylation sites is 1. The molecule has 0 aromatic heterocycles. The Bertz CT molecular complexity index is 491. The van der Waals surface area contributed by atoms with Gasteiger partial charge in [0.2, 0.25) is 11.8 Å². The molecule has 1 aromatic carbocycles. The fraction of sp³-hybridized carbons (Fsp3) is 0.500. The summed E-state index contributed by atoms with van der Waals surface area (Å²) in [5.41, 5.74) is 0.463. The maximum atomic E-state index is 12.4. The topological polar surface area (TPSA) is 40.6 Å². The van der Waals surface area contributed by atoms with E-state index >= 15 is 0 Å². The number of amides is 2. The van der Waals surface area contributed by atoms with Gasteiger partial charge in [0.25, 0.3) is 0 Å². The van der Waals surface area contributed by atoms with Gasteiger partial charge in [-0.1, -0.05) is 39.0 Å². The molecule has 0 spiro atoms. The lowest BCUT2D eigenvalue weighted by atomic mass is 9.94. The summed E-state index contributed by atoms with van der Waals surface area (Å²) in [6.07, 6.45) is 0.808. The van der Waals surface area contributed by atoms with Crippen molar-refractivity contribution in [2.75, 3.05) is 24.5 Å². The summed E-state index contributed by atoms with van der Waals surface area (Å²) in [4.78, 5) is 28.2. The lowest BCUT2D eigenvalue weighted by Crippen LogP contribution is -2.44. The Morgan fingerprint density at radius 3 is 2.35 bits per heavy atom. The van der Waals surface area contributed by atoms with Crippen LogP contribution in [-0.4, -0.2) is 36.3 Å². The van der Waals surface area contributed by atoms with E-state index in [0.717, 1.165) is 12.1 Å². The Balaban J connectivity index is 2.14. The normalized spacial score (nSPS) is 17.1. The molecule has 4 nitrogen and oxygen atoms in total. The van der Waals surface area contributed by atoms with Crippen LogP contribution < -0.4 is 4.90 Å². The minimum absolute atomic E-state index is 0.00806. The molecule has 0 bridgehead atoms. The van der Waals surface area contributed by atoms with Gasteiger partial charge in [0.15, 0.2) is 0 Å². The number of rotatable bonds is 1. The van der Waals surface area contributed by atoms with Crippen molar-refractivity contribution < 1.29 is 9.59 Å². The molecule has 0 N–H and O–H groups in total. The van der Waals surface area contributed by atoms with E-state index in [9.17, 15) is 9.59 Å². The lowest BCUT2D eigenvalue weighted by Gasteiger charge is -2.27. The molecule has 1 aliphatic heterocycles. The third-order valence-corrected chi connectivity index (χ3v) is 3.43. The van der Waals surface area contributed by atoms with Crippen molar-refractivity contribution in [3.05, 3.63) is 30.3 Å². The molecule has 0 radical (unpaired) electrons. The Labute approximate surface area is 120 Å². The van der Waals surface area contributed by atoms with Crippen LogP contribution in [0.1, 0.15) is 27.2 Å². The Kier molecular flexibility index (Phi) is 4.12. The predicted octanol–water partition coefficient (Wildman–Crippen LogP) is 2.30. The Morgan fingerprint density at radius 1 is 1.10 bits per heavy atom. The van der Waals surface area contributed by atoms with Crippen LogP contribution in [0.4, 0.5) is 5.69 Å². The molecule has 0 unspecified atom stereocenters. The monoisotopic (exact) mass is 274 g/mol. The predicted molar refractivity (Wildman–Crippen MR) is 79.4 cm³/mol. The van der Waals surface area contributed by atoms with Crippen molar-refractivity contribution in [2.24, 2.45) is 5.41 Å². The van der Waals surface area contributed by atoms with Crippen LogP contribution in [0.25, 0.3) is 0 Å². The van der Waals surface area contributed by atoms with Crippen LogP contribution in [0.3, 0.4) is 0 Å². The second kappa shape index (κ2) is 5.65. The number of hydrogen-bond donors (Lipinski definition) is 0. The number of carbonyl (C=O) groups is 2. The molecule has 1 fully saturated rings. The number of carbonyl (C=O) groups excluding carboxylic acids is 2. The molecule has 4 heteroatoms. The smallest absolute Gasteiger partial charge is 0.246 e. The van der Waals surface area contributed by atoms with E-state index in [2.05, 4.69) is 0 Å². The lowest BCUT2D eigenvalue weighted by molar-refractivity contribution is -0.141. The van der Waals surface area contributed by atoms with Gasteiger partial charge in [0.05, 0.1) is 0 Å². The average Bonchev–Trinajstić information content (AvgIpc) is 2.59. The van der Waals surface area contributed by atoms with Crippen LogP contribution in [0, 0.1) is 5.41 Å². The SMILES string of the molecule is CC(C)(C)C(=O)N1CCCN(c2ccccc2)C(=O)C1. The van der Waals surface area contributed by atoms with Gasteiger partial charge in [0, 0.05) is 24.2 Å². The van der Waals surface area contributed by atoms with Gasteiger partial charge in [-0.3, -0.25) is 9.59 Å². The summed E-state index contributed by atoms with van der Waals surface area (Å²) in [5, 5.41) is 0. The highest BCUT2D eigenvalue weighted by atomic mass is 16.2. The highest BCUT2D eigenvalue weighted by Crippen LogP contribution is 2.21. The zero-order chi connectivity index (χ0) is 14.8. The molecular formula is C16H22N2O2. The van der Waals surface area contributed by atoms with E-state index in [4.69, 9.17) is 0 Å².